The van der Waals surface area contributed by atoms with Crippen LogP contribution in [0.5, 0.6) is 0 Å². The standard InChI is InChI=1S/C17H18N2O2/c1-13-6-7-15(21-13)8-10-18-17(20)12-19-11-9-14-4-2-3-5-16(14)19/h2-7,9,11H,8,10,12H2,1H3,(H,18,20). The maximum absolute atomic E-state index is 12.0. The van der Waals surface area contributed by atoms with Crippen LogP contribution in [0.25, 0.3) is 10.9 Å². The molecule has 0 saturated heterocycles. The zero-order valence-corrected chi connectivity index (χ0v) is 12.0. The molecule has 1 N–H and O–H groups in total. The molecule has 1 aromatic carbocycles. The number of hydrogen-bond donors (Lipinski definition) is 1. The van der Waals surface area contributed by atoms with Crippen molar-refractivity contribution >= 4 is 16.8 Å². The van der Waals surface area contributed by atoms with Crippen molar-refractivity contribution in [1.29, 1.82) is 0 Å². The summed E-state index contributed by atoms with van der Waals surface area (Å²) in [7, 11) is 0. The summed E-state index contributed by atoms with van der Waals surface area (Å²) in [6.45, 7) is 2.84. The van der Waals surface area contributed by atoms with Crippen LogP contribution in [0.4, 0.5) is 0 Å². The Morgan fingerprint density at radius 1 is 1.19 bits per heavy atom. The summed E-state index contributed by atoms with van der Waals surface area (Å²) < 4.78 is 7.43. The number of nitrogens with one attached hydrogen (secondary N) is 1. The minimum Gasteiger partial charge on any atom is -0.466 e. The number of aryl methyl sites for hydroxylation is 1. The molecule has 0 saturated carbocycles. The third kappa shape index (κ3) is 3.16. The predicted molar refractivity (Wildman–Crippen MR) is 82.1 cm³/mol. The van der Waals surface area contributed by atoms with Gasteiger partial charge in [-0.2, -0.15) is 0 Å². The molecule has 21 heavy (non-hydrogen) atoms. The van der Waals surface area contributed by atoms with Crippen LogP contribution in [0.15, 0.2) is 53.1 Å². The molecule has 0 aliphatic carbocycles. The number of fused-ring (bicyclic) bond motifs is 1. The molecular weight excluding hydrogens is 264 g/mol. The molecule has 0 spiro atoms. The number of carbonyl (C=O) groups is 1. The Bertz CT molecular complexity index is 755. The molecule has 0 atom stereocenters. The maximum Gasteiger partial charge on any atom is 0.239 e. The average Bonchev–Trinajstić information content (AvgIpc) is 3.06. The van der Waals surface area contributed by atoms with Crippen molar-refractivity contribution in [1.82, 2.24) is 9.88 Å². The van der Waals surface area contributed by atoms with Crippen molar-refractivity contribution in [2.75, 3.05) is 6.54 Å². The molecular formula is C17H18N2O2. The second-order valence-corrected chi connectivity index (χ2v) is 5.11. The SMILES string of the molecule is Cc1ccc(CCNC(=O)Cn2ccc3ccccc32)o1. The fourth-order valence-electron chi connectivity index (χ4n) is 2.43. The number of furan rings is 1. The number of nitrogens with zero attached hydrogens (tertiary/aromatic N) is 1. The van der Waals surface area contributed by atoms with Gasteiger partial charge < -0.3 is 14.3 Å². The highest BCUT2D eigenvalue weighted by Crippen LogP contribution is 2.14. The van der Waals surface area contributed by atoms with Crippen molar-refractivity contribution in [2.45, 2.75) is 19.9 Å². The largest absolute Gasteiger partial charge is 0.466 e. The van der Waals surface area contributed by atoms with Gasteiger partial charge in [0.25, 0.3) is 0 Å². The molecule has 0 radical (unpaired) electrons. The van der Waals surface area contributed by atoms with Crippen molar-refractivity contribution in [3.8, 4) is 0 Å². The monoisotopic (exact) mass is 282 g/mol. The zero-order valence-electron chi connectivity index (χ0n) is 12.0. The first-order chi connectivity index (χ1) is 10.2. The summed E-state index contributed by atoms with van der Waals surface area (Å²) in [4.78, 5) is 12.0. The molecule has 4 heteroatoms. The van der Waals surface area contributed by atoms with Crippen molar-refractivity contribution in [3.63, 3.8) is 0 Å². The third-order valence-electron chi connectivity index (χ3n) is 3.48. The Labute approximate surface area is 123 Å². The highest BCUT2D eigenvalue weighted by atomic mass is 16.3. The normalized spacial score (nSPS) is 10.9. The van der Waals surface area contributed by atoms with Gasteiger partial charge in [0.05, 0.1) is 0 Å². The molecule has 0 bridgehead atoms. The van der Waals surface area contributed by atoms with E-state index < -0.39 is 0 Å². The van der Waals surface area contributed by atoms with Gasteiger partial charge in [-0.3, -0.25) is 4.79 Å². The van der Waals surface area contributed by atoms with E-state index in [1.807, 2.05) is 60.2 Å². The van der Waals surface area contributed by atoms with Crippen LogP contribution in [0.2, 0.25) is 0 Å². The van der Waals surface area contributed by atoms with E-state index in [0.717, 1.165) is 22.4 Å². The van der Waals surface area contributed by atoms with Gasteiger partial charge in [0.1, 0.15) is 18.1 Å². The van der Waals surface area contributed by atoms with Gasteiger partial charge in [-0.15, -0.1) is 0 Å². The minimum absolute atomic E-state index is 0.0135. The van der Waals surface area contributed by atoms with Gasteiger partial charge in [-0.1, -0.05) is 18.2 Å². The van der Waals surface area contributed by atoms with Crippen LogP contribution >= 0.6 is 0 Å². The lowest BCUT2D eigenvalue weighted by atomic mass is 10.2. The number of benzene rings is 1. The zero-order chi connectivity index (χ0) is 14.7. The van der Waals surface area contributed by atoms with E-state index in [-0.39, 0.29) is 5.91 Å². The number of para-hydroxylation sites is 1. The minimum atomic E-state index is 0.0135. The predicted octanol–water partition coefficient (Wildman–Crippen LogP) is 2.90. The van der Waals surface area contributed by atoms with E-state index in [9.17, 15) is 4.79 Å². The summed E-state index contributed by atoms with van der Waals surface area (Å²) in [5, 5.41) is 4.07. The second-order valence-electron chi connectivity index (χ2n) is 5.11. The molecule has 0 aliphatic heterocycles. The lowest BCUT2D eigenvalue weighted by Crippen LogP contribution is -2.29. The van der Waals surface area contributed by atoms with E-state index in [1.54, 1.807) is 0 Å². The molecule has 3 rings (SSSR count). The van der Waals surface area contributed by atoms with Crippen LogP contribution in [-0.4, -0.2) is 17.0 Å². The molecule has 2 heterocycles. The second kappa shape index (κ2) is 5.87. The van der Waals surface area contributed by atoms with Crippen LogP contribution < -0.4 is 5.32 Å². The Hall–Kier alpha value is -2.49. The summed E-state index contributed by atoms with van der Waals surface area (Å²) in [5.41, 5.74) is 1.08. The van der Waals surface area contributed by atoms with Gasteiger partial charge in [-0.25, -0.2) is 0 Å². The van der Waals surface area contributed by atoms with Crippen molar-refractivity contribution in [3.05, 3.63) is 60.2 Å². The van der Waals surface area contributed by atoms with E-state index in [1.165, 1.54) is 0 Å². The number of aromatic nitrogens is 1. The topological polar surface area (TPSA) is 47.2 Å². The summed E-state index contributed by atoms with van der Waals surface area (Å²) >= 11 is 0. The first-order valence-corrected chi connectivity index (χ1v) is 7.08. The van der Waals surface area contributed by atoms with Gasteiger partial charge in [0, 0.05) is 24.7 Å². The van der Waals surface area contributed by atoms with E-state index in [4.69, 9.17) is 4.42 Å². The first kappa shape index (κ1) is 13.5. The van der Waals surface area contributed by atoms with E-state index in [2.05, 4.69) is 5.32 Å². The quantitative estimate of drug-likeness (QED) is 0.782. The van der Waals surface area contributed by atoms with Crippen LogP contribution in [-0.2, 0) is 17.8 Å². The average molecular weight is 282 g/mol. The molecule has 2 aromatic heterocycles. The smallest absolute Gasteiger partial charge is 0.239 e. The third-order valence-corrected chi connectivity index (χ3v) is 3.48. The van der Waals surface area contributed by atoms with Gasteiger partial charge in [0.2, 0.25) is 5.91 Å². The number of carbonyl (C=O) groups excluding carboxylic acids is 1. The molecule has 108 valence electrons. The van der Waals surface area contributed by atoms with E-state index in [0.29, 0.717) is 19.5 Å². The highest BCUT2D eigenvalue weighted by molar-refractivity contribution is 5.83. The lowest BCUT2D eigenvalue weighted by Gasteiger charge is -2.06. The van der Waals surface area contributed by atoms with Gasteiger partial charge in [0.15, 0.2) is 0 Å². The summed E-state index contributed by atoms with van der Waals surface area (Å²) in [6, 6.07) is 13.9. The Kier molecular flexibility index (Phi) is 3.77. The highest BCUT2D eigenvalue weighted by Gasteiger charge is 2.06. The number of amides is 1. The molecule has 0 fully saturated rings. The lowest BCUT2D eigenvalue weighted by molar-refractivity contribution is -0.121. The molecule has 0 aliphatic rings. The van der Waals surface area contributed by atoms with Crippen LogP contribution in [0.3, 0.4) is 0 Å². The molecule has 1 amide bonds. The summed E-state index contributed by atoms with van der Waals surface area (Å²) in [5.74, 6) is 1.81. The first-order valence-electron chi connectivity index (χ1n) is 7.08. The Morgan fingerprint density at radius 2 is 2.05 bits per heavy atom. The fraction of sp³-hybridized carbons (Fsp3) is 0.235. The van der Waals surface area contributed by atoms with Gasteiger partial charge >= 0.3 is 0 Å². The molecule has 3 aromatic rings. The van der Waals surface area contributed by atoms with Crippen molar-refractivity contribution in [2.24, 2.45) is 0 Å². The van der Waals surface area contributed by atoms with Crippen molar-refractivity contribution < 1.29 is 9.21 Å². The Morgan fingerprint density at radius 3 is 2.86 bits per heavy atom. The Balaban J connectivity index is 1.54. The summed E-state index contributed by atoms with van der Waals surface area (Å²) in [6.07, 6.45) is 2.66. The van der Waals surface area contributed by atoms with Gasteiger partial charge in [-0.05, 0) is 36.6 Å². The maximum atomic E-state index is 12.0. The van der Waals surface area contributed by atoms with E-state index >= 15 is 0 Å². The fourth-order valence-corrected chi connectivity index (χ4v) is 2.43. The van der Waals surface area contributed by atoms with Crippen LogP contribution in [0, 0.1) is 6.92 Å². The number of rotatable bonds is 5. The number of hydrogen-bond acceptors (Lipinski definition) is 2. The van der Waals surface area contributed by atoms with Crippen LogP contribution in [0.1, 0.15) is 11.5 Å². The molecule has 0 unspecified atom stereocenters. The molecule has 4 nitrogen and oxygen atoms in total.